The van der Waals surface area contributed by atoms with Gasteiger partial charge in [0, 0.05) is 10.6 Å². The maximum atomic E-state index is 11.8. The van der Waals surface area contributed by atoms with E-state index in [-0.39, 0.29) is 5.91 Å². The van der Waals surface area contributed by atoms with E-state index in [1.54, 1.807) is 0 Å². The molecule has 2 nitrogen and oxygen atoms in total. The van der Waals surface area contributed by atoms with Crippen molar-refractivity contribution < 1.29 is 4.79 Å². The number of nitrogens with one attached hydrogen (secondary N) is 1. The minimum atomic E-state index is -0.0447. The molecule has 0 atom stereocenters. The van der Waals surface area contributed by atoms with Crippen molar-refractivity contribution in [2.75, 3.05) is 5.75 Å². The van der Waals surface area contributed by atoms with Gasteiger partial charge in [0.1, 0.15) is 4.32 Å². The first-order valence-corrected chi connectivity index (χ1v) is 7.45. The third-order valence-corrected chi connectivity index (χ3v) is 5.06. The summed E-state index contributed by atoms with van der Waals surface area (Å²) in [4.78, 5) is 13.8. The maximum absolute atomic E-state index is 11.8. The highest BCUT2D eigenvalue weighted by Gasteiger charge is 2.28. The van der Waals surface area contributed by atoms with E-state index in [9.17, 15) is 4.79 Å². The van der Waals surface area contributed by atoms with Gasteiger partial charge in [-0.2, -0.15) is 0 Å². The number of benzene rings is 1. The van der Waals surface area contributed by atoms with E-state index >= 15 is 0 Å². The van der Waals surface area contributed by atoms with Crippen molar-refractivity contribution in [1.29, 1.82) is 0 Å². The highest BCUT2D eigenvalue weighted by Crippen LogP contribution is 2.42. The van der Waals surface area contributed by atoms with Crippen LogP contribution in [0.15, 0.2) is 34.1 Å². The lowest BCUT2D eigenvalue weighted by molar-refractivity contribution is -0.115. The SMILES string of the molecule is O=C1NC(=S)SC1=C1CCSc2ccccc21. The molecule has 17 heavy (non-hydrogen) atoms. The van der Waals surface area contributed by atoms with E-state index in [0.29, 0.717) is 4.32 Å². The number of allylic oxidation sites excluding steroid dienone is 1. The average molecular weight is 279 g/mol. The molecule has 1 aromatic rings. The number of hydrogen-bond acceptors (Lipinski definition) is 4. The second kappa shape index (κ2) is 4.48. The Kier molecular flexibility index (Phi) is 2.98. The summed E-state index contributed by atoms with van der Waals surface area (Å²) in [6.45, 7) is 0. The average Bonchev–Trinajstić information content (AvgIpc) is 2.68. The normalized spacial score (nSPS) is 23.5. The summed E-state index contributed by atoms with van der Waals surface area (Å²) < 4.78 is 0.563. The molecule has 86 valence electrons. The van der Waals surface area contributed by atoms with E-state index < -0.39 is 0 Å². The van der Waals surface area contributed by atoms with Crippen LogP contribution in [0.2, 0.25) is 0 Å². The second-order valence-electron chi connectivity index (χ2n) is 3.75. The van der Waals surface area contributed by atoms with Gasteiger partial charge < -0.3 is 5.32 Å². The smallest absolute Gasteiger partial charge is 0.263 e. The third-order valence-electron chi connectivity index (χ3n) is 2.71. The summed E-state index contributed by atoms with van der Waals surface area (Å²) in [7, 11) is 0. The molecular weight excluding hydrogens is 270 g/mol. The fourth-order valence-electron chi connectivity index (χ4n) is 1.99. The molecule has 0 aromatic heterocycles. The standard InChI is InChI=1S/C12H9NOS3/c14-11-10(17-12(15)13-11)8-5-6-16-9-4-2-1-3-7(8)9/h1-4H,5-6H2,(H,13,14,15). The fourth-order valence-corrected chi connectivity index (χ4v) is 4.19. The molecule has 0 saturated carbocycles. The van der Waals surface area contributed by atoms with Gasteiger partial charge in [-0.1, -0.05) is 42.2 Å². The number of carbonyl (C=O) groups is 1. The van der Waals surface area contributed by atoms with E-state index in [1.165, 1.54) is 22.2 Å². The molecule has 2 aliphatic heterocycles. The van der Waals surface area contributed by atoms with Crippen LogP contribution in [0.4, 0.5) is 0 Å². The van der Waals surface area contributed by atoms with Crippen molar-refractivity contribution in [3.05, 3.63) is 34.7 Å². The van der Waals surface area contributed by atoms with Gasteiger partial charge in [0.2, 0.25) is 0 Å². The van der Waals surface area contributed by atoms with Crippen LogP contribution in [-0.4, -0.2) is 16.0 Å². The molecule has 2 heterocycles. The zero-order valence-electron chi connectivity index (χ0n) is 8.86. The summed E-state index contributed by atoms with van der Waals surface area (Å²) in [5.41, 5.74) is 2.33. The van der Waals surface area contributed by atoms with Gasteiger partial charge in [-0.15, -0.1) is 11.8 Å². The number of rotatable bonds is 0. The van der Waals surface area contributed by atoms with Gasteiger partial charge in [-0.25, -0.2) is 0 Å². The molecule has 2 aliphatic rings. The Balaban J connectivity index is 2.14. The molecule has 0 radical (unpaired) electrons. The minimum absolute atomic E-state index is 0.0447. The van der Waals surface area contributed by atoms with Crippen LogP contribution < -0.4 is 5.32 Å². The van der Waals surface area contributed by atoms with Crippen LogP contribution in [0.3, 0.4) is 0 Å². The molecule has 1 fully saturated rings. The molecule has 1 aromatic carbocycles. The number of thioether (sulfide) groups is 2. The molecule has 1 N–H and O–H groups in total. The monoisotopic (exact) mass is 279 g/mol. The highest BCUT2D eigenvalue weighted by atomic mass is 32.2. The summed E-state index contributed by atoms with van der Waals surface area (Å²) in [6.07, 6.45) is 0.931. The fraction of sp³-hybridized carbons (Fsp3) is 0.167. The third kappa shape index (κ3) is 2.03. The zero-order chi connectivity index (χ0) is 11.8. The number of fused-ring (bicyclic) bond motifs is 1. The Morgan fingerprint density at radius 3 is 2.88 bits per heavy atom. The second-order valence-corrected chi connectivity index (χ2v) is 6.57. The molecule has 5 heteroatoms. The Morgan fingerprint density at radius 2 is 2.12 bits per heavy atom. The van der Waals surface area contributed by atoms with Crippen LogP contribution in [0, 0.1) is 0 Å². The van der Waals surface area contributed by atoms with Crippen molar-refractivity contribution in [2.24, 2.45) is 0 Å². The van der Waals surface area contributed by atoms with Crippen molar-refractivity contribution in [1.82, 2.24) is 5.32 Å². The van der Waals surface area contributed by atoms with E-state index in [0.717, 1.165) is 22.7 Å². The molecule has 3 rings (SSSR count). The van der Waals surface area contributed by atoms with Gasteiger partial charge in [0.05, 0.1) is 4.91 Å². The van der Waals surface area contributed by atoms with Crippen molar-refractivity contribution in [3.8, 4) is 0 Å². The van der Waals surface area contributed by atoms with Crippen LogP contribution in [0.1, 0.15) is 12.0 Å². The lowest BCUT2D eigenvalue weighted by atomic mass is 10.0. The van der Waals surface area contributed by atoms with Crippen molar-refractivity contribution in [3.63, 3.8) is 0 Å². The number of amides is 1. The van der Waals surface area contributed by atoms with Gasteiger partial charge in [-0.3, -0.25) is 4.79 Å². The Morgan fingerprint density at radius 1 is 1.29 bits per heavy atom. The number of hydrogen-bond donors (Lipinski definition) is 1. The predicted molar refractivity (Wildman–Crippen MR) is 77.0 cm³/mol. The Hall–Kier alpha value is -0.780. The molecule has 0 unspecified atom stereocenters. The topological polar surface area (TPSA) is 29.1 Å². The van der Waals surface area contributed by atoms with E-state index in [1.807, 2.05) is 23.9 Å². The van der Waals surface area contributed by atoms with Crippen LogP contribution in [0.5, 0.6) is 0 Å². The van der Waals surface area contributed by atoms with Crippen molar-refractivity contribution >= 4 is 51.5 Å². The number of carbonyl (C=O) groups excluding carboxylic acids is 1. The molecule has 0 bridgehead atoms. The highest BCUT2D eigenvalue weighted by molar-refractivity contribution is 8.26. The summed E-state index contributed by atoms with van der Waals surface area (Å²) >= 11 is 8.26. The van der Waals surface area contributed by atoms with Crippen molar-refractivity contribution in [2.45, 2.75) is 11.3 Å². The Labute approximate surface area is 113 Å². The van der Waals surface area contributed by atoms with Crippen LogP contribution >= 0.6 is 35.7 Å². The summed E-state index contributed by atoms with van der Waals surface area (Å²) in [6, 6.07) is 8.24. The summed E-state index contributed by atoms with van der Waals surface area (Å²) in [5.74, 6) is 0.980. The first-order chi connectivity index (χ1) is 8.25. The molecule has 0 aliphatic carbocycles. The largest absolute Gasteiger partial charge is 0.307 e. The molecule has 0 spiro atoms. The van der Waals surface area contributed by atoms with E-state index in [2.05, 4.69) is 17.4 Å². The van der Waals surface area contributed by atoms with Gasteiger partial charge in [-0.05, 0) is 23.6 Å². The first kappa shape index (κ1) is 11.3. The van der Waals surface area contributed by atoms with E-state index in [4.69, 9.17) is 12.2 Å². The first-order valence-electron chi connectivity index (χ1n) is 5.24. The lowest BCUT2D eigenvalue weighted by Crippen LogP contribution is -2.18. The van der Waals surface area contributed by atoms with Gasteiger partial charge in [0.25, 0.3) is 5.91 Å². The van der Waals surface area contributed by atoms with Crippen LogP contribution in [-0.2, 0) is 4.79 Å². The summed E-state index contributed by atoms with van der Waals surface area (Å²) in [5, 5.41) is 2.69. The minimum Gasteiger partial charge on any atom is -0.307 e. The molecule has 1 amide bonds. The van der Waals surface area contributed by atoms with Crippen LogP contribution in [0.25, 0.3) is 5.57 Å². The zero-order valence-corrected chi connectivity index (χ0v) is 11.3. The molecule has 1 saturated heterocycles. The van der Waals surface area contributed by atoms with Gasteiger partial charge in [0.15, 0.2) is 0 Å². The maximum Gasteiger partial charge on any atom is 0.263 e. The van der Waals surface area contributed by atoms with Gasteiger partial charge >= 0.3 is 0 Å². The lowest BCUT2D eigenvalue weighted by Gasteiger charge is -2.19. The Bertz CT molecular complexity index is 550. The molecular formula is C12H9NOS3. The quantitative estimate of drug-likeness (QED) is 0.584. The predicted octanol–water partition coefficient (Wildman–Crippen LogP) is 3.04. The number of thiocarbonyl (C=S) groups is 1.